The van der Waals surface area contributed by atoms with E-state index in [1.54, 1.807) is 24.0 Å². The van der Waals surface area contributed by atoms with Gasteiger partial charge in [0.15, 0.2) is 0 Å². The Morgan fingerprint density at radius 2 is 2.12 bits per heavy atom. The SMILES string of the molecule is CN1NCN(N2CN=C(C(C)(C)C)S2)C1=O. The Balaban J connectivity index is 2.00. The first-order valence-electron chi connectivity index (χ1n) is 5.18. The van der Waals surface area contributed by atoms with Gasteiger partial charge in [-0.25, -0.2) is 15.2 Å². The Morgan fingerprint density at radius 3 is 2.56 bits per heavy atom. The molecule has 1 saturated heterocycles. The molecule has 0 aromatic heterocycles. The normalized spacial score (nSPS) is 23.2. The van der Waals surface area contributed by atoms with Crippen LogP contribution in [-0.2, 0) is 0 Å². The molecule has 2 aliphatic rings. The van der Waals surface area contributed by atoms with Gasteiger partial charge in [0.2, 0.25) is 0 Å². The Hall–Kier alpha value is -0.790. The van der Waals surface area contributed by atoms with E-state index in [4.69, 9.17) is 0 Å². The number of hydrogen-bond donors (Lipinski definition) is 1. The fourth-order valence-corrected chi connectivity index (χ4v) is 2.37. The molecule has 0 spiro atoms. The summed E-state index contributed by atoms with van der Waals surface area (Å²) in [5, 5.41) is 4.21. The lowest BCUT2D eigenvalue weighted by atomic mass is 9.99. The van der Waals surface area contributed by atoms with Gasteiger partial charge >= 0.3 is 6.03 Å². The van der Waals surface area contributed by atoms with Gasteiger partial charge in [-0.05, 0) is 11.9 Å². The van der Waals surface area contributed by atoms with Crippen LogP contribution in [0.2, 0.25) is 0 Å². The van der Waals surface area contributed by atoms with Gasteiger partial charge in [-0.3, -0.25) is 10.0 Å². The molecule has 1 N–H and O–H groups in total. The average Bonchev–Trinajstić information content (AvgIpc) is 2.74. The molecule has 0 bridgehead atoms. The Kier molecular flexibility index (Phi) is 2.85. The minimum absolute atomic E-state index is 0.0432. The third-order valence-corrected chi connectivity index (χ3v) is 3.84. The number of carbonyl (C=O) groups is 1. The summed E-state index contributed by atoms with van der Waals surface area (Å²) in [5.41, 5.74) is 3.00. The maximum Gasteiger partial charge on any atom is 0.350 e. The van der Waals surface area contributed by atoms with Crippen molar-refractivity contribution in [1.29, 1.82) is 0 Å². The molecule has 0 aromatic rings. The minimum Gasteiger partial charge on any atom is -0.262 e. The van der Waals surface area contributed by atoms with E-state index in [1.807, 2.05) is 4.41 Å². The maximum absolute atomic E-state index is 11.7. The molecule has 2 amide bonds. The van der Waals surface area contributed by atoms with E-state index in [2.05, 4.69) is 31.2 Å². The van der Waals surface area contributed by atoms with Gasteiger partial charge in [0, 0.05) is 12.5 Å². The second kappa shape index (κ2) is 3.90. The standard InChI is InChI=1S/C9H17N5OS/c1-9(2,3)7-10-5-14(16-7)13-6-11-12(4)8(13)15/h11H,5-6H2,1-4H3. The summed E-state index contributed by atoms with van der Waals surface area (Å²) >= 11 is 1.54. The zero-order valence-corrected chi connectivity index (χ0v) is 10.8. The zero-order chi connectivity index (χ0) is 11.9. The summed E-state index contributed by atoms with van der Waals surface area (Å²) in [7, 11) is 1.72. The number of aliphatic imine (C=N–C) groups is 1. The lowest BCUT2D eigenvalue weighted by Crippen LogP contribution is -2.39. The Bertz CT molecular complexity index is 337. The molecule has 90 valence electrons. The number of hydrazine groups is 2. The number of nitrogens with zero attached hydrogens (tertiary/aromatic N) is 4. The molecule has 0 unspecified atom stereocenters. The third-order valence-electron chi connectivity index (χ3n) is 2.40. The second-order valence-electron chi connectivity index (χ2n) is 4.86. The fourth-order valence-electron chi connectivity index (χ4n) is 1.44. The molecule has 1 fully saturated rings. The first-order chi connectivity index (χ1) is 7.39. The highest BCUT2D eigenvalue weighted by atomic mass is 32.2. The lowest BCUT2D eigenvalue weighted by molar-refractivity contribution is 0.124. The summed E-state index contributed by atoms with van der Waals surface area (Å²) < 4.78 is 1.89. The zero-order valence-electron chi connectivity index (χ0n) is 10.0. The van der Waals surface area contributed by atoms with Crippen molar-refractivity contribution < 1.29 is 4.79 Å². The van der Waals surface area contributed by atoms with Crippen molar-refractivity contribution in [3.8, 4) is 0 Å². The number of hydrogen-bond acceptors (Lipinski definition) is 5. The molecule has 7 heteroatoms. The quantitative estimate of drug-likeness (QED) is 0.701. The maximum atomic E-state index is 11.7. The summed E-state index contributed by atoms with van der Waals surface area (Å²) in [6.45, 7) is 7.42. The molecule has 16 heavy (non-hydrogen) atoms. The van der Waals surface area contributed by atoms with E-state index in [0.29, 0.717) is 13.3 Å². The van der Waals surface area contributed by atoms with Gasteiger partial charge in [0.05, 0.1) is 5.04 Å². The van der Waals surface area contributed by atoms with Crippen LogP contribution >= 0.6 is 11.9 Å². The van der Waals surface area contributed by atoms with E-state index in [-0.39, 0.29) is 11.4 Å². The van der Waals surface area contributed by atoms with Crippen LogP contribution in [-0.4, -0.2) is 45.9 Å². The van der Waals surface area contributed by atoms with E-state index < -0.39 is 0 Å². The first kappa shape index (κ1) is 11.7. The molecule has 0 aromatic carbocycles. The van der Waals surface area contributed by atoms with Crippen LogP contribution in [0.1, 0.15) is 20.8 Å². The number of nitrogens with one attached hydrogen (secondary N) is 1. The van der Waals surface area contributed by atoms with Crippen molar-refractivity contribution >= 4 is 23.0 Å². The molecule has 0 atom stereocenters. The van der Waals surface area contributed by atoms with Crippen LogP contribution in [0.3, 0.4) is 0 Å². The van der Waals surface area contributed by atoms with Crippen molar-refractivity contribution in [3.63, 3.8) is 0 Å². The molecular formula is C9H17N5OS. The summed E-state index contributed by atoms with van der Waals surface area (Å²) in [4.78, 5) is 16.2. The Morgan fingerprint density at radius 1 is 1.44 bits per heavy atom. The van der Waals surface area contributed by atoms with Crippen molar-refractivity contribution in [2.75, 3.05) is 20.4 Å². The molecule has 2 aliphatic heterocycles. The molecule has 0 saturated carbocycles. The second-order valence-corrected chi connectivity index (χ2v) is 5.85. The van der Waals surface area contributed by atoms with Gasteiger partial charge < -0.3 is 0 Å². The van der Waals surface area contributed by atoms with Gasteiger partial charge in [0.25, 0.3) is 0 Å². The predicted molar refractivity (Wildman–Crippen MR) is 64.2 cm³/mol. The highest BCUT2D eigenvalue weighted by Crippen LogP contribution is 2.33. The largest absolute Gasteiger partial charge is 0.350 e. The van der Waals surface area contributed by atoms with Crippen LogP contribution in [0, 0.1) is 5.41 Å². The average molecular weight is 243 g/mol. The van der Waals surface area contributed by atoms with Crippen LogP contribution < -0.4 is 5.43 Å². The van der Waals surface area contributed by atoms with Crippen molar-refractivity contribution in [2.45, 2.75) is 20.8 Å². The molecule has 2 rings (SSSR count). The predicted octanol–water partition coefficient (Wildman–Crippen LogP) is 1.10. The Labute approximate surface area is 99.7 Å². The third kappa shape index (κ3) is 2.02. The highest BCUT2D eigenvalue weighted by Gasteiger charge is 2.36. The summed E-state index contributed by atoms with van der Waals surface area (Å²) in [6.07, 6.45) is 0. The number of carbonyl (C=O) groups excluding carboxylic acids is 1. The number of rotatable bonds is 1. The fraction of sp³-hybridized carbons (Fsp3) is 0.778. The molecule has 0 aliphatic carbocycles. The molecule has 2 heterocycles. The monoisotopic (exact) mass is 243 g/mol. The van der Waals surface area contributed by atoms with Crippen LogP contribution in [0.15, 0.2) is 4.99 Å². The van der Waals surface area contributed by atoms with Gasteiger partial charge in [-0.15, -0.1) is 4.41 Å². The lowest BCUT2D eigenvalue weighted by Gasteiger charge is -2.25. The van der Waals surface area contributed by atoms with Crippen molar-refractivity contribution in [3.05, 3.63) is 0 Å². The van der Waals surface area contributed by atoms with Gasteiger partial charge in [-0.2, -0.15) is 0 Å². The smallest absolute Gasteiger partial charge is 0.262 e. The molecule has 0 radical (unpaired) electrons. The minimum atomic E-state index is -0.0436. The van der Waals surface area contributed by atoms with E-state index in [1.165, 1.54) is 5.01 Å². The number of amides is 2. The molecule has 6 nitrogen and oxygen atoms in total. The van der Waals surface area contributed by atoms with Gasteiger partial charge in [0.1, 0.15) is 13.3 Å². The van der Waals surface area contributed by atoms with Crippen molar-refractivity contribution in [2.24, 2.45) is 10.4 Å². The number of urea groups is 1. The van der Waals surface area contributed by atoms with Crippen LogP contribution in [0.25, 0.3) is 0 Å². The van der Waals surface area contributed by atoms with Gasteiger partial charge in [-0.1, -0.05) is 20.8 Å². The van der Waals surface area contributed by atoms with E-state index >= 15 is 0 Å². The summed E-state index contributed by atoms with van der Waals surface area (Å²) in [6, 6.07) is -0.0436. The molecular weight excluding hydrogens is 226 g/mol. The van der Waals surface area contributed by atoms with Crippen molar-refractivity contribution in [1.82, 2.24) is 19.9 Å². The topological polar surface area (TPSA) is 51.2 Å². The van der Waals surface area contributed by atoms with Crippen LogP contribution in [0.5, 0.6) is 0 Å². The highest BCUT2D eigenvalue weighted by molar-refractivity contribution is 8.12. The van der Waals surface area contributed by atoms with E-state index in [9.17, 15) is 4.79 Å². The van der Waals surface area contributed by atoms with Crippen LogP contribution in [0.4, 0.5) is 4.79 Å². The summed E-state index contributed by atoms with van der Waals surface area (Å²) in [5.74, 6) is 0. The van der Waals surface area contributed by atoms with E-state index in [0.717, 1.165) is 5.04 Å². The first-order valence-corrected chi connectivity index (χ1v) is 5.96.